The van der Waals surface area contributed by atoms with E-state index < -0.39 is 0 Å². The number of rotatable bonds is 4. The predicted octanol–water partition coefficient (Wildman–Crippen LogP) is 3.00. The maximum Gasteiger partial charge on any atom is 0.129 e. The van der Waals surface area contributed by atoms with Gasteiger partial charge in [-0.15, -0.1) is 0 Å². The summed E-state index contributed by atoms with van der Waals surface area (Å²) in [5, 5.41) is 7.71. The van der Waals surface area contributed by atoms with E-state index in [1.165, 1.54) is 6.07 Å². The first kappa shape index (κ1) is 13.1. The average molecular weight is 268 g/mol. The summed E-state index contributed by atoms with van der Waals surface area (Å²) in [6.07, 6.45) is 1.72. The van der Waals surface area contributed by atoms with Crippen molar-refractivity contribution in [2.75, 3.05) is 7.05 Å². The Hall–Kier alpha value is -1.39. The summed E-state index contributed by atoms with van der Waals surface area (Å²) < 4.78 is 15.8. The summed E-state index contributed by atoms with van der Waals surface area (Å²) in [6.45, 7) is 2.75. The summed E-state index contributed by atoms with van der Waals surface area (Å²) in [6, 6.07) is 6.37. The molecule has 1 aromatic heterocycles. The van der Waals surface area contributed by atoms with E-state index in [4.69, 9.17) is 11.6 Å². The van der Waals surface area contributed by atoms with Crippen LogP contribution < -0.4 is 5.32 Å². The van der Waals surface area contributed by atoms with Crippen molar-refractivity contribution in [2.24, 2.45) is 0 Å². The number of halogens is 2. The molecule has 0 spiro atoms. The molecule has 1 N–H and O–H groups in total. The zero-order chi connectivity index (χ0) is 13.1. The number of aromatic nitrogens is 2. The molecule has 1 unspecified atom stereocenters. The van der Waals surface area contributed by atoms with Gasteiger partial charge in [0.25, 0.3) is 0 Å². The van der Waals surface area contributed by atoms with Crippen molar-refractivity contribution >= 4 is 11.6 Å². The van der Waals surface area contributed by atoms with Crippen LogP contribution in [0.5, 0.6) is 0 Å². The van der Waals surface area contributed by atoms with Crippen LogP contribution in [0.4, 0.5) is 4.39 Å². The van der Waals surface area contributed by atoms with E-state index in [2.05, 4.69) is 10.4 Å². The van der Waals surface area contributed by atoms with Gasteiger partial charge >= 0.3 is 0 Å². The Morgan fingerprint density at radius 2 is 2.22 bits per heavy atom. The Bertz CT molecular complexity index is 539. The van der Waals surface area contributed by atoms with E-state index in [0.717, 1.165) is 12.2 Å². The molecule has 1 aromatic carbocycles. The fourth-order valence-electron chi connectivity index (χ4n) is 2.05. The molecule has 0 aliphatic carbocycles. The van der Waals surface area contributed by atoms with Gasteiger partial charge in [-0.3, -0.25) is 4.68 Å². The van der Waals surface area contributed by atoms with Gasteiger partial charge in [-0.25, -0.2) is 4.39 Å². The van der Waals surface area contributed by atoms with E-state index in [9.17, 15) is 4.39 Å². The van der Waals surface area contributed by atoms with Crippen molar-refractivity contribution in [3.05, 3.63) is 52.6 Å². The Morgan fingerprint density at radius 1 is 1.44 bits per heavy atom. The van der Waals surface area contributed by atoms with Crippen molar-refractivity contribution in [3.63, 3.8) is 0 Å². The molecule has 18 heavy (non-hydrogen) atoms. The summed E-state index contributed by atoms with van der Waals surface area (Å²) >= 11 is 5.77. The molecule has 5 heteroatoms. The molecule has 0 saturated carbocycles. The van der Waals surface area contributed by atoms with Crippen molar-refractivity contribution in [3.8, 4) is 0 Å². The van der Waals surface area contributed by atoms with Crippen LogP contribution in [-0.4, -0.2) is 16.8 Å². The molecule has 1 atom stereocenters. The van der Waals surface area contributed by atoms with Gasteiger partial charge in [0.1, 0.15) is 5.82 Å². The molecule has 96 valence electrons. The number of benzene rings is 1. The van der Waals surface area contributed by atoms with Crippen LogP contribution in [0.15, 0.2) is 30.5 Å². The lowest BCUT2D eigenvalue weighted by Gasteiger charge is -2.18. The van der Waals surface area contributed by atoms with Crippen molar-refractivity contribution in [1.29, 1.82) is 0 Å². The van der Waals surface area contributed by atoms with Crippen molar-refractivity contribution in [1.82, 2.24) is 15.1 Å². The molecule has 0 aliphatic rings. The SMILES string of the molecule is CCn1nccc1C(NC)c1ccc(Cl)cc1F. The highest BCUT2D eigenvalue weighted by Crippen LogP contribution is 2.26. The van der Waals surface area contributed by atoms with Gasteiger partial charge in [-0.1, -0.05) is 17.7 Å². The summed E-state index contributed by atoms with van der Waals surface area (Å²) in [5.74, 6) is -0.314. The van der Waals surface area contributed by atoms with Crippen LogP contribution in [0.25, 0.3) is 0 Å². The lowest BCUT2D eigenvalue weighted by molar-refractivity contribution is 0.533. The normalized spacial score (nSPS) is 12.7. The molecular weight excluding hydrogens is 253 g/mol. The topological polar surface area (TPSA) is 29.9 Å². The molecule has 0 aliphatic heterocycles. The second-order valence-electron chi connectivity index (χ2n) is 3.96. The molecule has 2 aromatic rings. The van der Waals surface area contributed by atoms with Crippen LogP contribution in [0, 0.1) is 5.82 Å². The van der Waals surface area contributed by atoms with E-state index in [1.807, 2.05) is 17.7 Å². The Balaban J connectivity index is 2.45. The Kier molecular flexibility index (Phi) is 3.99. The van der Waals surface area contributed by atoms with Gasteiger partial charge in [-0.2, -0.15) is 5.10 Å². The first-order valence-corrected chi connectivity index (χ1v) is 6.19. The molecule has 0 saturated heterocycles. The molecule has 0 radical (unpaired) electrons. The van der Waals surface area contributed by atoms with E-state index in [1.54, 1.807) is 25.4 Å². The highest BCUT2D eigenvalue weighted by atomic mass is 35.5. The molecule has 3 nitrogen and oxygen atoms in total. The molecule has 1 heterocycles. The summed E-state index contributed by atoms with van der Waals surface area (Å²) in [4.78, 5) is 0. The molecule has 0 bridgehead atoms. The fraction of sp³-hybridized carbons (Fsp3) is 0.308. The van der Waals surface area contributed by atoms with Gasteiger partial charge in [0.2, 0.25) is 0 Å². The zero-order valence-corrected chi connectivity index (χ0v) is 11.1. The van der Waals surface area contributed by atoms with E-state index >= 15 is 0 Å². The predicted molar refractivity (Wildman–Crippen MR) is 70.2 cm³/mol. The first-order chi connectivity index (χ1) is 8.67. The maximum atomic E-state index is 14.0. The molecule has 0 amide bonds. The minimum atomic E-state index is -0.314. The van der Waals surface area contributed by atoms with Gasteiger partial charge in [-0.05, 0) is 32.2 Å². The monoisotopic (exact) mass is 267 g/mol. The largest absolute Gasteiger partial charge is 0.308 e. The maximum absolute atomic E-state index is 14.0. The van der Waals surface area contributed by atoms with Gasteiger partial charge in [0, 0.05) is 23.3 Å². The smallest absolute Gasteiger partial charge is 0.129 e. The zero-order valence-electron chi connectivity index (χ0n) is 10.3. The molecule has 0 fully saturated rings. The van der Waals surface area contributed by atoms with Gasteiger partial charge in [0.05, 0.1) is 11.7 Å². The summed E-state index contributed by atoms with van der Waals surface area (Å²) in [5.41, 5.74) is 1.50. The van der Waals surface area contributed by atoms with E-state index in [0.29, 0.717) is 10.6 Å². The van der Waals surface area contributed by atoms with Crippen LogP contribution in [0.3, 0.4) is 0 Å². The second-order valence-corrected chi connectivity index (χ2v) is 4.40. The first-order valence-electron chi connectivity index (χ1n) is 5.81. The minimum Gasteiger partial charge on any atom is -0.308 e. The number of nitrogens with one attached hydrogen (secondary N) is 1. The number of aryl methyl sites for hydroxylation is 1. The number of hydrogen-bond acceptors (Lipinski definition) is 2. The van der Waals surface area contributed by atoms with E-state index in [-0.39, 0.29) is 11.9 Å². The summed E-state index contributed by atoms with van der Waals surface area (Å²) in [7, 11) is 1.80. The Morgan fingerprint density at radius 3 is 2.83 bits per heavy atom. The average Bonchev–Trinajstić information content (AvgIpc) is 2.81. The van der Waals surface area contributed by atoms with Crippen LogP contribution in [0.1, 0.15) is 24.2 Å². The third-order valence-corrected chi connectivity index (χ3v) is 3.14. The quantitative estimate of drug-likeness (QED) is 0.923. The fourth-order valence-corrected chi connectivity index (χ4v) is 2.21. The Labute approximate surface area is 111 Å². The van der Waals surface area contributed by atoms with Gasteiger partial charge in [0.15, 0.2) is 0 Å². The van der Waals surface area contributed by atoms with Crippen LogP contribution in [0.2, 0.25) is 5.02 Å². The van der Waals surface area contributed by atoms with Crippen molar-refractivity contribution < 1.29 is 4.39 Å². The third-order valence-electron chi connectivity index (χ3n) is 2.91. The highest BCUT2D eigenvalue weighted by molar-refractivity contribution is 6.30. The highest BCUT2D eigenvalue weighted by Gasteiger charge is 2.19. The van der Waals surface area contributed by atoms with Crippen molar-refractivity contribution in [2.45, 2.75) is 19.5 Å². The van der Waals surface area contributed by atoms with Crippen LogP contribution in [-0.2, 0) is 6.54 Å². The van der Waals surface area contributed by atoms with Gasteiger partial charge < -0.3 is 5.32 Å². The lowest BCUT2D eigenvalue weighted by Crippen LogP contribution is -2.22. The number of hydrogen-bond donors (Lipinski definition) is 1. The standard InChI is InChI=1S/C13H15ClFN3/c1-3-18-12(6-7-17-18)13(16-2)10-5-4-9(14)8-11(10)15/h4-8,13,16H,3H2,1-2H3. The molecular formula is C13H15ClFN3. The second kappa shape index (κ2) is 5.50. The van der Waals surface area contributed by atoms with Crippen LogP contribution >= 0.6 is 11.6 Å². The molecule has 2 rings (SSSR count). The minimum absolute atomic E-state index is 0.232. The third kappa shape index (κ3) is 2.40. The lowest BCUT2D eigenvalue weighted by atomic mass is 10.0. The number of nitrogens with zero attached hydrogens (tertiary/aromatic N) is 2.